The molecule has 1 unspecified atom stereocenters. The lowest BCUT2D eigenvalue weighted by atomic mass is 9.87. The molecule has 1 fully saturated rings. The second-order valence-electron chi connectivity index (χ2n) is 9.64. The summed E-state index contributed by atoms with van der Waals surface area (Å²) in [6.45, 7) is 3.56. The van der Waals surface area contributed by atoms with Crippen molar-refractivity contribution in [2.24, 2.45) is 5.41 Å². The molecular formula is C27H32N2O5. The monoisotopic (exact) mass is 464 g/mol. The van der Waals surface area contributed by atoms with Crippen LogP contribution < -0.4 is 10.6 Å². The van der Waals surface area contributed by atoms with Crippen LogP contribution in [0.25, 0.3) is 11.1 Å². The summed E-state index contributed by atoms with van der Waals surface area (Å²) in [5.74, 6) is -1.37. The number of fused-ring (bicyclic) bond motifs is 3. The van der Waals surface area contributed by atoms with Crippen LogP contribution in [0.15, 0.2) is 48.5 Å². The number of nitrogens with one attached hydrogen (secondary N) is 2. The van der Waals surface area contributed by atoms with Gasteiger partial charge < -0.3 is 20.5 Å². The van der Waals surface area contributed by atoms with Gasteiger partial charge in [-0.15, -0.1) is 0 Å². The maximum absolute atomic E-state index is 13.1. The van der Waals surface area contributed by atoms with Crippen LogP contribution in [0.5, 0.6) is 0 Å². The fourth-order valence-electron chi connectivity index (χ4n) is 5.01. The summed E-state index contributed by atoms with van der Waals surface area (Å²) in [6, 6.07) is 16.2. The summed E-state index contributed by atoms with van der Waals surface area (Å²) in [7, 11) is 0. The van der Waals surface area contributed by atoms with Crippen LogP contribution in [-0.4, -0.2) is 41.8 Å². The van der Waals surface area contributed by atoms with Crippen molar-refractivity contribution in [3.8, 4) is 11.1 Å². The van der Waals surface area contributed by atoms with Gasteiger partial charge in [-0.25, -0.2) is 4.79 Å². The van der Waals surface area contributed by atoms with Gasteiger partial charge in [-0.1, -0.05) is 68.3 Å². The second kappa shape index (κ2) is 9.49. The lowest BCUT2D eigenvalue weighted by Crippen LogP contribution is -2.58. The summed E-state index contributed by atoms with van der Waals surface area (Å²) >= 11 is 0. The Labute approximate surface area is 199 Å². The zero-order valence-corrected chi connectivity index (χ0v) is 19.7. The Morgan fingerprint density at radius 1 is 1.03 bits per heavy atom. The third kappa shape index (κ3) is 4.39. The zero-order chi connectivity index (χ0) is 24.3. The van der Waals surface area contributed by atoms with E-state index in [-0.39, 0.29) is 25.0 Å². The van der Waals surface area contributed by atoms with E-state index < -0.39 is 23.0 Å². The Morgan fingerprint density at radius 3 is 2.12 bits per heavy atom. The number of carboxylic acid groups (broad SMARTS) is 1. The quantitative estimate of drug-likeness (QED) is 0.535. The molecule has 0 radical (unpaired) electrons. The second-order valence-corrected chi connectivity index (χ2v) is 9.64. The van der Waals surface area contributed by atoms with Gasteiger partial charge in [-0.2, -0.15) is 0 Å². The molecule has 0 aliphatic heterocycles. The minimum absolute atomic E-state index is 0.00574. The highest BCUT2D eigenvalue weighted by atomic mass is 16.5. The maximum Gasteiger partial charge on any atom is 0.408 e. The SMILES string of the molecule is CCC(C)(CNC(=O)C1(NC(=O)OCC2c3ccccc3-c3ccccc32)CCCC1)C(=O)O. The zero-order valence-electron chi connectivity index (χ0n) is 19.7. The van der Waals surface area contributed by atoms with Crippen molar-refractivity contribution in [1.29, 1.82) is 0 Å². The van der Waals surface area contributed by atoms with Gasteiger partial charge in [0.1, 0.15) is 12.1 Å². The number of carbonyl (C=O) groups excluding carboxylic acids is 2. The van der Waals surface area contributed by atoms with E-state index in [1.54, 1.807) is 13.8 Å². The number of rotatable bonds is 8. The van der Waals surface area contributed by atoms with Gasteiger partial charge in [-0.05, 0) is 48.4 Å². The fraction of sp³-hybridized carbons (Fsp3) is 0.444. The number of benzene rings is 2. The first-order valence-corrected chi connectivity index (χ1v) is 11.9. The average molecular weight is 465 g/mol. The van der Waals surface area contributed by atoms with Gasteiger partial charge in [0.25, 0.3) is 0 Å². The van der Waals surface area contributed by atoms with Crippen molar-refractivity contribution in [2.45, 2.75) is 57.4 Å². The van der Waals surface area contributed by atoms with Crippen molar-refractivity contribution in [1.82, 2.24) is 10.6 Å². The normalized spacial score (nSPS) is 17.8. The number of hydrogen-bond donors (Lipinski definition) is 3. The minimum atomic E-state index is -1.07. The number of ether oxygens (including phenoxy) is 1. The summed E-state index contributed by atoms with van der Waals surface area (Å²) in [5, 5.41) is 15.1. The molecule has 180 valence electrons. The van der Waals surface area contributed by atoms with Crippen molar-refractivity contribution >= 4 is 18.0 Å². The van der Waals surface area contributed by atoms with Crippen LogP contribution >= 0.6 is 0 Å². The molecular weight excluding hydrogens is 432 g/mol. The molecule has 2 aliphatic rings. The van der Waals surface area contributed by atoms with E-state index in [9.17, 15) is 19.5 Å². The summed E-state index contributed by atoms with van der Waals surface area (Å²) in [4.78, 5) is 37.5. The van der Waals surface area contributed by atoms with Gasteiger partial charge in [-0.3, -0.25) is 9.59 Å². The van der Waals surface area contributed by atoms with Gasteiger partial charge in [0.2, 0.25) is 5.91 Å². The van der Waals surface area contributed by atoms with Crippen LogP contribution in [0, 0.1) is 5.41 Å². The van der Waals surface area contributed by atoms with Gasteiger partial charge in [0, 0.05) is 12.5 Å². The molecule has 0 heterocycles. The van der Waals surface area contributed by atoms with E-state index in [1.165, 1.54) is 0 Å². The van der Waals surface area contributed by atoms with E-state index in [1.807, 2.05) is 24.3 Å². The molecule has 2 aromatic carbocycles. The molecule has 2 aromatic rings. The van der Waals surface area contributed by atoms with Crippen LogP contribution in [0.3, 0.4) is 0 Å². The molecule has 7 heteroatoms. The first-order valence-electron chi connectivity index (χ1n) is 11.9. The number of amides is 2. The van der Waals surface area contributed by atoms with Crippen LogP contribution in [-0.2, 0) is 14.3 Å². The number of alkyl carbamates (subject to hydrolysis) is 1. The van der Waals surface area contributed by atoms with Crippen molar-refractivity contribution in [2.75, 3.05) is 13.2 Å². The molecule has 2 amide bonds. The molecule has 0 aromatic heterocycles. The molecule has 1 atom stereocenters. The topological polar surface area (TPSA) is 105 Å². The first kappa shape index (κ1) is 23.8. The summed E-state index contributed by atoms with van der Waals surface area (Å²) in [6.07, 6.45) is 2.37. The minimum Gasteiger partial charge on any atom is -0.481 e. The van der Waals surface area contributed by atoms with E-state index in [4.69, 9.17) is 4.74 Å². The number of carboxylic acids is 1. The molecule has 0 bridgehead atoms. The number of hydrogen-bond acceptors (Lipinski definition) is 4. The Balaban J connectivity index is 1.42. The Bertz CT molecular complexity index is 1050. The lowest BCUT2D eigenvalue weighted by Gasteiger charge is -2.31. The van der Waals surface area contributed by atoms with E-state index in [2.05, 4.69) is 34.9 Å². The predicted octanol–water partition coefficient (Wildman–Crippen LogP) is 4.46. The number of aliphatic carboxylic acids is 1. The van der Waals surface area contributed by atoms with Crippen LogP contribution in [0.4, 0.5) is 4.79 Å². The van der Waals surface area contributed by atoms with Crippen LogP contribution in [0.1, 0.15) is 63.0 Å². The van der Waals surface area contributed by atoms with Crippen molar-refractivity contribution in [3.63, 3.8) is 0 Å². The van der Waals surface area contributed by atoms with Gasteiger partial charge in [0.15, 0.2) is 0 Å². The molecule has 2 aliphatic carbocycles. The summed E-state index contributed by atoms with van der Waals surface area (Å²) in [5.41, 5.74) is 2.41. The highest BCUT2D eigenvalue weighted by Crippen LogP contribution is 2.44. The Morgan fingerprint density at radius 2 is 1.59 bits per heavy atom. The maximum atomic E-state index is 13.1. The first-order chi connectivity index (χ1) is 16.3. The standard InChI is InChI=1S/C27H32N2O5/c1-3-26(2,24(31)32)17-28-23(30)27(14-8-9-15-27)29-25(33)34-16-22-20-12-6-4-10-18(20)19-11-5-7-13-21(19)22/h4-7,10-13,22H,3,8-9,14-17H2,1-2H3,(H,28,30)(H,29,33)(H,31,32). The molecule has 4 rings (SSSR count). The van der Waals surface area contributed by atoms with Crippen LogP contribution in [0.2, 0.25) is 0 Å². The van der Waals surface area contributed by atoms with E-state index in [0.29, 0.717) is 19.3 Å². The smallest absolute Gasteiger partial charge is 0.408 e. The van der Waals surface area contributed by atoms with Gasteiger partial charge in [0.05, 0.1) is 5.41 Å². The Hall–Kier alpha value is -3.35. The summed E-state index contributed by atoms with van der Waals surface area (Å²) < 4.78 is 5.66. The third-order valence-corrected chi connectivity index (χ3v) is 7.51. The average Bonchev–Trinajstić information content (AvgIpc) is 3.44. The number of carbonyl (C=O) groups is 3. The predicted molar refractivity (Wildman–Crippen MR) is 128 cm³/mol. The molecule has 7 nitrogen and oxygen atoms in total. The van der Waals surface area contributed by atoms with Gasteiger partial charge >= 0.3 is 12.1 Å². The largest absolute Gasteiger partial charge is 0.481 e. The van der Waals surface area contributed by atoms with Crippen molar-refractivity contribution in [3.05, 3.63) is 59.7 Å². The fourth-order valence-corrected chi connectivity index (χ4v) is 5.01. The molecule has 0 saturated heterocycles. The molecule has 34 heavy (non-hydrogen) atoms. The highest BCUT2D eigenvalue weighted by molar-refractivity contribution is 5.91. The third-order valence-electron chi connectivity index (χ3n) is 7.51. The molecule has 3 N–H and O–H groups in total. The highest BCUT2D eigenvalue weighted by Gasteiger charge is 2.44. The molecule has 0 spiro atoms. The van der Waals surface area contributed by atoms with E-state index >= 15 is 0 Å². The molecule has 1 saturated carbocycles. The van der Waals surface area contributed by atoms with Crippen molar-refractivity contribution < 1.29 is 24.2 Å². The Kier molecular flexibility index (Phi) is 6.64. The lowest BCUT2D eigenvalue weighted by molar-refractivity contribution is -0.148. The van der Waals surface area contributed by atoms with E-state index in [0.717, 1.165) is 35.1 Å².